The maximum Gasteiger partial charge on any atom is 0.387 e. The minimum absolute atomic E-state index is 0.0439. The first-order chi connectivity index (χ1) is 13.2. The highest BCUT2D eigenvalue weighted by Gasteiger charge is 2.23. The van der Waals surface area contributed by atoms with E-state index < -0.39 is 30.9 Å². The van der Waals surface area contributed by atoms with Crippen molar-refractivity contribution in [1.82, 2.24) is 4.98 Å². The molecule has 0 aliphatic rings. The fourth-order valence-corrected chi connectivity index (χ4v) is 2.62. The minimum atomic E-state index is -3.03. The van der Waals surface area contributed by atoms with Crippen LogP contribution in [0.1, 0.15) is 49.4 Å². The molecule has 0 saturated heterocycles. The predicted octanol–water partition coefficient (Wildman–Crippen LogP) is 3.45. The van der Waals surface area contributed by atoms with Gasteiger partial charge in [0.15, 0.2) is 6.61 Å². The predicted molar refractivity (Wildman–Crippen MR) is 93.9 cm³/mol. The van der Waals surface area contributed by atoms with Crippen LogP contribution in [0.15, 0.2) is 24.3 Å². The summed E-state index contributed by atoms with van der Waals surface area (Å²) in [5, 5.41) is 0. The first-order valence-electron chi connectivity index (χ1n) is 8.36. The van der Waals surface area contributed by atoms with Gasteiger partial charge in [0, 0.05) is 5.69 Å². The molecule has 0 saturated carbocycles. The van der Waals surface area contributed by atoms with E-state index in [1.165, 1.54) is 18.2 Å². The molecular weight excluding hydrogens is 376 g/mol. The van der Waals surface area contributed by atoms with Crippen LogP contribution in [-0.4, -0.2) is 42.5 Å². The lowest BCUT2D eigenvalue weighted by molar-refractivity contribution is -0.0499. The fourth-order valence-electron chi connectivity index (χ4n) is 2.62. The molecule has 1 aromatic heterocycles. The van der Waals surface area contributed by atoms with E-state index >= 15 is 0 Å². The van der Waals surface area contributed by atoms with Crippen LogP contribution in [0.5, 0.6) is 5.75 Å². The number of ketones is 1. The molecule has 2 aromatic rings. The molecule has 0 fully saturated rings. The molecule has 0 unspecified atom stereocenters. The Morgan fingerprint density at radius 3 is 2.46 bits per heavy atom. The number of aromatic nitrogens is 1. The lowest BCUT2D eigenvalue weighted by atomic mass is 10.1. The third-order valence-corrected chi connectivity index (χ3v) is 3.83. The van der Waals surface area contributed by atoms with E-state index in [0.29, 0.717) is 11.3 Å². The van der Waals surface area contributed by atoms with E-state index in [0.717, 1.165) is 6.07 Å². The van der Waals surface area contributed by atoms with Crippen LogP contribution in [0, 0.1) is 13.8 Å². The van der Waals surface area contributed by atoms with Gasteiger partial charge in [-0.2, -0.15) is 8.78 Å². The number of benzene rings is 1. The van der Waals surface area contributed by atoms with E-state index in [2.05, 4.69) is 9.72 Å². The van der Waals surface area contributed by atoms with Gasteiger partial charge in [-0.1, -0.05) is 6.07 Å². The van der Waals surface area contributed by atoms with Crippen molar-refractivity contribution >= 4 is 17.7 Å². The van der Waals surface area contributed by atoms with Gasteiger partial charge in [-0.15, -0.1) is 0 Å². The second-order valence-electron chi connectivity index (χ2n) is 5.75. The van der Waals surface area contributed by atoms with E-state index in [4.69, 9.17) is 9.47 Å². The van der Waals surface area contributed by atoms with Crippen LogP contribution >= 0.6 is 0 Å². The Morgan fingerprint density at radius 2 is 1.82 bits per heavy atom. The quantitative estimate of drug-likeness (QED) is 0.543. The maximum atomic E-state index is 12.4. The Bertz CT molecular complexity index is 891. The number of aryl methyl sites for hydroxylation is 1. The summed E-state index contributed by atoms with van der Waals surface area (Å²) in [5.74, 6) is -2.18. The molecule has 28 heavy (non-hydrogen) atoms. The van der Waals surface area contributed by atoms with Crippen molar-refractivity contribution in [3.63, 3.8) is 0 Å². The number of hydrogen-bond donors (Lipinski definition) is 1. The van der Waals surface area contributed by atoms with Crippen LogP contribution in [-0.2, 0) is 9.47 Å². The smallest absolute Gasteiger partial charge is 0.387 e. The highest BCUT2D eigenvalue weighted by atomic mass is 19.3. The van der Waals surface area contributed by atoms with E-state index in [9.17, 15) is 23.2 Å². The highest BCUT2D eigenvalue weighted by molar-refractivity contribution is 6.03. The van der Waals surface area contributed by atoms with Crippen LogP contribution in [0.4, 0.5) is 8.78 Å². The van der Waals surface area contributed by atoms with Crippen molar-refractivity contribution in [2.45, 2.75) is 27.4 Å². The summed E-state index contributed by atoms with van der Waals surface area (Å²) >= 11 is 0. The molecule has 0 spiro atoms. The van der Waals surface area contributed by atoms with Crippen molar-refractivity contribution in [1.29, 1.82) is 0 Å². The molecule has 0 atom stereocenters. The van der Waals surface area contributed by atoms with Gasteiger partial charge in [0.2, 0.25) is 5.78 Å². The molecule has 1 aromatic carbocycles. The van der Waals surface area contributed by atoms with Crippen LogP contribution < -0.4 is 4.74 Å². The number of carbonyl (C=O) groups is 3. The van der Waals surface area contributed by atoms with Crippen molar-refractivity contribution in [3.8, 4) is 5.75 Å². The summed E-state index contributed by atoms with van der Waals surface area (Å²) in [6.07, 6.45) is 0. The lowest BCUT2D eigenvalue weighted by Crippen LogP contribution is -2.16. The zero-order valence-electron chi connectivity index (χ0n) is 15.5. The van der Waals surface area contributed by atoms with E-state index in [1.807, 2.05) is 0 Å². The number of hydrogen-bond acceptors (Lipinski definition) is 6. The standard InChI is InChI=1S/C19H19F2NO6/c1-4-26-18(25)15-10(2)16(22-11(15)3)14(23)9-27-17(24)12-6-5-7-13(8-12)28-19(20)21/h5-8,19,22H,4,9H2,1-3H3. The van der Waals surface area contributed by atoms with Gasteiger partial charge in [-0.3, -0.25) is 4.79 Å². The van der Waals surface area contributed by atoms with Gasteiger partial charge in [0.1, 0.15) is 5.75 Å². The largest absolute Gasteiger partial charge is 0.462 e. The molecule has 0 aliphatic heterocycles. The monoisotopic (exact) mass is 395 g/mol. The number of H-pyrrole nitrogens is 1. The summed E-state index contributed by atoms with van der Waals surface area (Å²) in [6, 6.07) is 5.03. The van der Waals surface area contributed by atoms with Gasteiger partial charge in [0.25, 0.3) is 0 Å². The average molecular weight is 395 g/mol. The summed E-state index contributed by atoms with van der Waals surface area (Å²) in [4.78, 5) is 39.2. The molecule has 0 aliphatic carbocycles. The Morgan fingerprint density at radius 1 is 1.11 bits per heavy atom. The first-order valence-corrected chi connectivity index (χ1v) is 8.36. The zero-order chi connectivity index (χ0) is 20.8. The van der Waals surface area contributed by atoms with Crippen molar-refractivity contribution in [2.75, 3.05) is 13.2 Å². The molecule has 2 rings (SSSR count). The Labute approximate surface area is 159 Å². The molecular formula is C19H19F2NO6. The third kappa shape index (κ3) is 4.93. The normalized spacial score (nSPS) is 10.6. The van der Waals surface area contributed by atoms with Gasteiger partial charge in [-0.05, 0) is 44.5 Å². The summed E-state index contributed by atoms with van der Waals surface area (Å²) < 4.78 is 38.6. The molecule has 9 heteroatoms. The Hall–Kier alpha value is -3.23. The van der Waals surface area contributed by atoms with Gasteiger partial charge in [-0.25, -0.2) is 9.59 Å². The topological polar surface area (TPSA) is 94.7 Å². The van der Waals surface area contributed by atoms with E-state index in [1.54, 1.807) is 20.8 Å². The first kappa shape index (κ1) is 21.1. The molecule has 1 heterocycles. The number of aromatic amines is 1. The second kappa shape index (κ2) is 9.12. The fraction of sp³-hybridized carbons (Fsp3) is 0.316. The number of alkyl halides is 2. The number of esters is 2. The van der Waals surface area contributed by atoms with Crippen molar-refractivity contribution < 1.29 is 37.4 Å². The number of halogens is 2. The minimum Gasteiger partial charge on any atom is -0.462 e. The molecule has 7 nitrogen and oxygen atoms in total. The lowest BCUT2D eigenvalue weighted by Gasteiger charge is -2.07. The van der Waals surface area contributed by atoms with Crippen LogP contribution in [0.25, 0.3) is 0 Å². The highest BCUT2D eigenvalue weighted by Crippen LogP contribution is 2.20. The Kier molecular flexibility index (Phi) is 6.86. The van der Waals surface area contributed by atoms with Crippen molar-refractivity contribution in [2.24, 2.45) is 0 Å². The van der Waals surface area contributed by atoms with Gasteiger partial charge in [0.05, 0.1) is 23.4 Å². The zero-order valence-corrected chi connectivity index (χ0v) is 15.5. The number of ether oxygens (including phenoxy) is 3. The molecule has 0 bridgehead atoms. The molecule has 0 radical (unpaired) electrons. The van der Waals surface area contributed by atoms with Gasteiger partial charge < -0.3 is 19.2 Å². The summed E-state index contributed by atoms with van der Waals surface area (Å²) in [7, 11) is 0. The molecule has 0 amide bonds. The van der Waals surface area contributed by atoms with Crippen molar-refractivity contribution in [3.05, 3.63) is 52.3 Å². The SMILES string of the molecule is CCOC(=O)c1c(C)[nH]c(C(=O)COC(=O)c2cccc(OC(F)F)c2)c1C. The number of nitrogens with one attached hydrogen (secondary N) is 1. The number of rotatable bonds is 8. The van der Waals surface area contributed by atoms with E-state index in [-0.39, 0.29) is 29.2 Å². The maximum absolute atomic E-state index is 12.4. The average Bonchev–Trinajstić information content (AvgIpc) is 2.93. The molecule has 1 N–H and O–H groups in total. The third-order valence-electron chi connectivity index (χ3n) is 3.83. The Balaban J connectivity index is 2.07. The second-order valence-corrected chi connectivity index (χ2v) is 5.75. The summed E-state index contributed by atoms with van der Waals surface area (Å²) in [6.45, 7) is 1.44. The number of Topliss-reactive ketones (excluding diaryl/α,β-unsaturated/α-hetero) is 1. The van der Waals surface area contributed by atoms with Gasteiger partial charge >= 0.3 is 18.6 Å². The van der Waals surface area contributed by atoms with Crippen LogP contribution in [0.3, 0.4) is 0 Å². The molecule has 150 valence electrons. The van der Waals surface area contributed by atoms with Crippen LogP contribution in [0.2, 0.25) is 0 Å². The summed E-state index contributed by atoms with van der Waals surface area (Å²) in [5.41, 5.74) is 1.20. The number of carbonyl (C=O) groups excluding carboxylic acids is 3.